The molecule has 0 radical (unpaired) electrons. The number of para-hydroxylation sites is 2. The van der Waals surface area contributed by atoms with Gasteiger partial charge >= 0.3 is 0 Å². The van der Waals surface area contributed by atoms with E-state index >= 15 is 0 Å². The summed E-state index contributed by atoms with van der Waals surface area (Å²) in [5.74, 6) is -0.225. The van der Waals surface area contributed by atoms with Crippen LogP contribution in [0.4, 0.5) is 11.4 Å². The number of hydrogen-bond donors (Lipinski definition) is 0. The molecular formula is C25H17BrN2O2S3. The van der Waals surface area contributed by atoms with Gasteiger partial charge in [-0.25, -0.2) is 0 Å². The van der Waals surface area contributed by atoms with E-state index < -0.39 is 0 Å². The molecule has 1 saturated heterocycles. The zero-order valence-electron chi connectivity index (χ0n) is 17.2. The largest absolute Gasteiger partial charge is 0.292 e. The monoisotopic (exact) mass is 552 g/mol. The van der Waals surface area contributed by atoms with Crippen LogP contribution in [0.15, 0.2) is 92.0 Å². The van der Waals surface area contributed by atoms with E-state index in [-0.39, 0.29) is 24.8 Å². The molecule has 3 aromatic carbocycles. The average Bonchev–Trinajstić information content (AvgIpc) is 3.09. The quantitative estimate of drug-likeness (QED) is 0.261. The molecule has 8 heteroatoms. The third kappa shape index (κ3) is 4.53. The fourth-order valence-electron chi connectivity index (χ4n) is 3.70. The van der Waals surface area contributed by atoms with Gasteiger partial charge in [0.2, 0.25) is 5.91 Å². The Labute approximate surface area is 214 Å². The Hall–Kier alpha value is -2.39. The second kappa shape index (κ2) is 9.46. The minimum absolute atomic E-state index is 0.0684. The third-order valence-corrected chi connectivity index (χ3v) is 8.31. The second-order valence-corrected chi connectivity index (χ2v) is 11.1. The average molecular weight is 554 g/mol. The number of carbonyl (C=O) groups excluding carboxylic acids is 2. The molecule has 0 N–H and O–H groups in total. The molecule has 0 bridgehead atoms. The Morgan fingerprint density at radius 2 is 1.52 bits per heavy atom. The Morgan fingerprint density at radius 1 is 0.909 bits per heavy atom. The van der Waals surface area contributed by atoms with Crippen molar-refractivity contribution in [2.45, 2.75) is 16.2 Å². The summed E-state index contributed by atoms with van der Waals surface area (Å²) < 4.78 is 1.45. The van der Waals surface area contributed by atoms with Crippen LogP contribution in [0.3, 0.4) is 0 Å². The number of thioether (sulfide) groups is 1. The lowest BCUT2D eigenvalue weighted by Gasteiger charge is -2.31. The van der Waals surface area contributed by atoms with Crippen LogP contribution < -0.4 is 4.90 Å². The molecule has 0 aromatic heterocycles. The van der Waals surface area contributed by atoms with Gasteiger partial charge in [0.05, 0.1) is 16.3 Å². The van der Waals surface area contributed by atoms with E-state index in [4.69, 9.17) is 12.2 Å². The van der Waals surface area contributed by atoms with E-state index in [1.54, 1.807) is 16.7 Å². The highest BCUT2D eigenvalue weighted by Crippen LogP contribution is 2.48. The van der Waals surface area contributed by atoms with Crippen LogP contribution in [0.25, 0.3) is 6.08 Å². The number of fused-ring (bicyclic) bond motifs is 2. The minimum atomic E-state index is -0.157. The van der Waals surface area contributed by atoms with Crippen LogP contribution in [0.2, 0.25) is 0 Å². The number of nitrogens with zero attached hydrogens (tertiary/aromatic N) is 2. The van der Waals surface area contributed by atoms with Crippen molar-refractivity contribution in [1.29, 1.82) is 0 Å². The van der Waals surface area contributed by atoms with Crippen molar-refractivity contribution >= 4 is 85.3 Å². The fraction of sp³-hybridized carbons (Fsp3) is 0.0800. The molecule has 33 heavy (non-hydrogen) atoms. The van der Waals surface area contributed by atoms with Gasteiger partial charge in [-0.1, -0.05) is 88.1 Å². The first-order chi connectivity index (χ1) is 16.0. The molecule has 0 saturated carbocycles. The molecule has 2 amide bonds. The predicted molar refractivity (Wildman–Crippen MR) is 143 cm³/mol. The second-order valence-electron chi connectivity index (χ2n) is 7.40. The van der Waals surface area contributed by atoms with Gasteiger partial charge in [-0.2, -0.15) is 0 Å². The maximum atomic E-state index is 13.4. The topological polar surface area (TPSA) is 40.6 Å². The van der Waals surface area contributed by atoms with Gasteiger partial charge in [-0.15, -0.1) is 0 Å². The van der Waals surface area contributed by atoms with Crippen molar-refractivity contribution in [2.75, 3.05) is 11.4 Å². The summed E-state index contributed by atoms with van der Waals surface area (Å²) in [6.45, 7) is 0.245. The Bertz CT molecular complexity index is 1260. The molecule has 2 aliphatic rings. The highest BCUT2D eigenvalue weighted by Gasteiger charge is 2.34. The number of carbonyl (C=O) groups is 2. The summed E-state index contributed by atoms with van der Waals surface area (Å²) in [7, 11) is 0. The van der Waals surface area contributed by atoms with Crippen LogP contribution in [0, 0.1) is 0 Å². The lowest BCUT2D eigenvalue weighted by Crippen LogP contribution is -2.35. The molecule has 0 unspecified atom stereocenters. The number of hydrogen-bond acceptors (Lipinski definition) is 5. The van der Waals surface area contributed by atoms with Gasteiger partial charge in [0, 0.05) is 27.2 Å². The van der Waals surface area contributed by atoms with E-state index in [2.05, 4.69) is 15.9 Å². The number of anilines is 2. The molecule has 2 aliphatic heterocycles. The number of benzene rings is 3. The highest BCUT2D eigenvalue weighted by atomic mass is 79.9. The van der Waals surface area contributed by atoms with E-state index in [1.165, 1.54) is 16.7 Å². The van der Waals surface area contributed by atoms with Gasteiger partial charge in [0.15, 0.2) is 0 Å². The molecule has 0 spiro atoms. The van der Waals surface area contributed by atoms with Crippen molar-refractivity contribution in [3.05, 3.63) is 87.7 Å². The number of amides is 2. The van der Waals surface area contributed by atoms with Gasteiger partial charge < -0.3 is 0 Å². The Balaban J connectivity index is 1.34. The summed E-state index contributed by atoms with van der Waals surface area (Å²) in [6.07, 6.45) is 2.01. The molecular weight excluding hydrogens is 536 g/mol. The first kappa shape index (κ1) is 22.4. The van der Waals surface area contributed by atoms with E-state index in [9.17, 15) is 9.59 Å². The van der Waals surface area contributed by atoms with Gasteiger partial charge in [-0.3, -0.25) is 19.4 Å². The number of thiocarbonyl (C=S) groups is 1. The standard InChI is InChI=1S/C25H17BrN2O2S3/c26-17-11-9-16(10-12-17)15-22-24(30)27(25(31)33-22)14-13-23(29)28-18-5-1-3-7-20(18)32-21-8-4-2-6-19(21)28/h1-12,15H,13-14H2. The summed E-state index contributed by atoms with van der Waals surface area (Å²) in [5, 5.41) is 0. The SMILES string of the molecule is O=C1C(=Cc2ccc(Br)cc2)SC(=S)N1CCC(=O)N1c2ccccc2Sc2ccccc21. The zero-order valence-corrected chi connectivity index (χ0v) is 21.3. The Morgan fingerprint density at radius 3 is 2.15 bits per heavy atom. The first-order valence-electron chi connectivity index (χ1n) is 10.2. The van der Waals surface area contributed by atoms with Crippen molar-refractivity contribution in [2.24, 2.45) is 0 Å². The van der Waals surface area contributed by atoms with E-state index in [0.29, 0.717) is 9.23 Å². The summed E-state index contributed by atoms with van der Waals surface area (Å²) in [5.41, 5.74) is 2.66. The van der Waals surface area contributed by atoms with Crippen molar-refractivity contribution in [3.63, 3.8) is 0 Å². The summed E-state index contributed by atoms with van der Waals surface area (Å²) >= 11 is 11.8. The molecule has 2 heterocycles. The number of halogens is 1. The van der Waals surface area contributed by atoms with Crippen molar-refractivity contribution in [3.8, 4) is 0 Å². The van der Waals surface area contributed by atoms with Crippen LogP contribution >= 0.6 is 51.7 Å². The maximum Gasteiger partial charge on any atom is 0.266 e. The molecule has 5 rings (SSSR count). The summed E-state index contributed by atoms with van der Waals surface area (Å²) in [6, 6.07) is 23.5. The van der Waals surface area contributed by atoms with Crippen LogP contribution in [-0.2, 0) is 9.59 Å². The third-order valence-electron chi connectivity index (χ3n) is 5.27. The van der Waals surface area contributed by atoms with Crippen molar-refractivity contribution in [1.82, 2.24) is 4.90 Å². The number of rotatable bonds is 4. The van der Waals surface area contributed by atoms with Crippen LogP contribution in [-0.4, -0.2) is 27.6 Å². The fourth-order valence-corrected chi connectivity index (χ4v) is 6.33. The summed E-state index contributed by atoms with van der Waals surface area (Å²) in [4.78, 5) is 32.3. The maximum absolute atomic E-state index is 13.4. The normalized spacial score (nSPS) is 16.2. The van der Waals surface area contributed by atoms with E-state index in [0.717, 1.165) is 31.2 Å². The molecule has 164 valence electrons. The lowest BCUT2D eigenvalue weighted by atomic mass is 10.2. The predicted octanol–water partition coefficient (Wildman–Crippen LogP) is 6.87. The lowest BCUT2D eigenvalue weighted by molar-refractivity contribution is -0.123. The zero-order chi connectivity index (χ0) is 22.9. The van der Waals surface area contributed by atoms with Crippen molar-refractivity contribution < 1.29 is 9.59 Å². The molecule has 0 atom stereocenters. The molecule has 1 fully saturated rings. The highest BCUT2D eigenvalue weighted by molar-refractivity contribution is 9.10. The van der Waals surface area contributed by atoms with Gasteiger partial charge in [0.25, 0.3) is 5.91 Å². The van der Waals surface area contributed by atoms with Crippen LogP contribution in [0.5, 0.6) is 0 Å². The first-order valence-corrected chi connectivity index (χ1v) is 13.0. The molecule has 0 aliphatic carbocycles. The van der Waals surface area contributed by atoms with E-state index in [1.807, 2.05) is 78.9 Å². The van der Waals surface area contributed by atoms with Gasteiger partial charge in [-0.05, 0) is 48.0 Å². The Kier molecular flexibility index (Phi) is 6.42. The molecule has 4 nitrogen and oxygen atoms in total. The molecule has 3 aromatic rings. The van der Waals surface area contributed by atoms with Gasteiger partial charge in [0.1, 0.15) is 4.32 Å². The van der Waals surface area contributed by atoms with Crippen LogP contribution in [0.1, 0.15) is 12.0 Å². The smallest absolute Gasteiger partial charge is 0.266 e. The minimum Gasteiger partial charge on any atom is -0.292 e.